The molecule has 3 aliphatic heterocycles. The summed E-state index contributed by atoms with van der Waals surface area (Å²) in [7, 11) is -0.930. The molecule has 10 aromatic rings. The third kappa shape index (κ3) is 4.69. The van der Waals surface area contributed by atoms with E-state index in [0.717, 1.165) is 34.0 Å². The van der Waals surface area contributed by atoms with E-state index in [9.17, 15) is 0 Å². The zero-order chi connectivity index (χ0) is 40.5. The molecule has 0 bridgehead atoms. The number of hydrogen-bond donors (Lipinski definition) is 0. The van der Waals surface area contributed by atoms with Crippen LogP contribution in [-0.2, 0) is 0 Å². The van der Waals surface area contributed by atoms with Gasteiger partial charge in [-0.15, -0.1) is 0 Å². The normalized spacial score (nSPS) is 14.4. The highest BCUT2D eigenvalue weighted by atomic mass is 31.1. The third-order valence-corrected chi connectivity index (χ3v) is 15.9. The summed E-state index contributed by atoms with van der Waals surface area (Å²) in [5.41, 5.74) is 19.4. The molecule has 0 fully saturated rings. The Morgan fingerprint density at radius 3 is 1.48 bits per heavy atom. The standard InChI is InChI=1S/C58H35N2OP/c1-3-15-39(16-4-1)59-49-25-13-26-50-56(49)62-57-51(59)27-14-28-53(57)61-54-35-38(34-52(58(54)62)60(50)40-17-5-2-6-18-40)36-29-31-41-37(33-36)30-32-48-46-23-10-9-21-44(46)42-19-7-8-20-43(42)45-22-11-12-24-47(45)55(41)48/h1-35H. The SMILES string of the molecule is c1ccc(N2c3cccc4c3P3c5c(cc(-c6ccc7c8c(ccc7c6)-c6ccccc6-c6ccccc6-c6ccccc6-8)cc5N(c5ccccc5)c5cccc2c53)O4)cc1. The zero-order valence-corrected chi connectivity index (χ0v) is 34.4. The number of nitrogens with zero attached hydrogens (tertiary/aromatic N) is 2. The smallest absolute Gasteiger partial charge is 0.138 e. The monoisotopic (exact) mass is 806 g/mol. The van der Waals surface area contributed by atoms with Crippen molar-refractivity contribution in [3.8, 4) is 67.1 Å². The highest BCUT2D eigenvalue weighted by Crippen LogP contribution is 2.62. The molecule has 288 valence electrons. The van der Waals surface area contributed by atoms with E-state index in [1.54, 1.807) is 0 Å². The molecule has 0 aromatic heterocycles. The van der Waals surface area contributed by atoms with Gasteiger partial charge in [-0.3, -0.25) is 0 Å². The summed E-state index contributed by atoms with van der Waals surface area (Å²) >= 11 is 0. The average molecular weight is 807 g/mol. The Bertz CT molecular complexity index is 3520. The van der Waals surface area contributed by atoms with Crippen LogP contribution in [0.3, 0.4) is 0 Å². The van der Waals surface area contributed by atoms with Crippen LogP contribution in [0.5, 0.6) is 11.5 Å². The number of para-hydroxylation sites is 2. The Hall–Kier alpha value is -7.71. The third-order valence-electron chi connectivity index (χ3n) is 13.2. The van der Waals surface area contributed by atoms with Crippen LogP contribution in [-0.4, -0.2) is 0 Å². The van der Waals surface area contributed by atoms with Gasteiger partial charge in [0.1, 0.15) is 11.5 Å². The maximum atomic E-state index is 7.13. The highest BCUT2D eigenvalue weighted by molar-refractivity contribution is 7.81. The molecule has 3 nitrogen and oxygen atoms in total. The molecule has 1 aliphatic carbocycles. The van der Waals surface area contributed by atoms with Gasteiger partial charge < -0.3 is 14.5 Å². The molecule has 1 unspecified atom stereocenters. The lowest BCUT2D eigenvalue weighted by Gasteiger charge is -2.47. The number of anilines is 6. The van der Waals surface area contributed by atoms with Crippen molar-refractivity contribution in [2.75, 3.05) is 9.80 Å². The van der Waals surface area contributed by atoms with Crippen molar-refractivity contribution >= 4 is 68.7 Å². The predicted octanol–water partition coefficient (Wildman–Crippen LogP) is 14.9. The van der Waals surface area contributed by atoms with Gasteiger partial charge in [-0.2, -0.15) is 0 Å². The van der Waals surface area contributed by atoms with E-state index in [2.05, 4.69) is 222 Å². The zero-order valence-electron chi connectivity index (χ0n) is 33.5. The highest BCUT2D eigenvalue weighted by Gasteiger charge is 2.46. The minimum atomic E-state index is -0.930. The fraction of sp³-hybridized carbons (Fsp3) is 0. The lowest BCUT2D eigenvalue weighted by molar-refractivity contribution is 0.489. The molecule has 4 aliphatic rings. The van der Waals surface area contributed by atoms with Crippen LogP contribution in [0.25, 0.3) is 66.4 Å². The average Bonchev–Trinajstić information content (AvgIpc) is 3.33. The van der Waals surface area contributed by atoms with Gasteiger partial charge in [-0.25, -0.2) is 0 Å². The van der Waals surface area contributed by atoms with Gasteiger partial charge >= 0.3 is 0 Å². The van der Waals surface area contributed by atoms with E-state index < -0.39 is 7.92 Å². The summed E-state index contributed by atoms with van der Waals surface area (Å²) in [6, 6.07) is 78.1. The van der Waals surface area contributed by atoms with E-state index in [4.69, 9.17) is 4.74 Å². The maximum absolute atomic E-state index is 7.13. The number of ether oxygens (including phenoxy) is 1. The molecule has 10 aromatic carbocycles. The second-order valence-electron chi connectivity index (χ2n) is 16.5. The topological polar surface area (TPSA) is 15.7 Å². The van der Waals surface area contributed by atoms with E-state index in [0.29, 0.717) is 0 Å². The van der Waals surface area contributed by atoms with Gasteiger partial charge in [-0.05, 0) is 133 Å². The fourth-order valence-electron chi connectivity index (χ4n) is 10.6. The molecule has 0 saturated carbocycles. The van der Waals surface area contributed by atoms with Gasteiger partial charge in [0.2, 0.25) is 0 Å². The molecule has 0 radical (unpaired) electrons. The molecule has 0 saturated heterocycles. The second kappa shape index (κ2) is 12.9. The summed E-state index contributed by atoms with van der Waals surface area (Å²) in [5, 5.41) is 6.37. The van der Waals surface area contributed by atoms with Crippen LogP contribution in [0.1, 0.15) is 0 Å². The number of benzene rings is 10. The minimum absolute atomic E-state index is 0.930. The fourth-order valence-corrected chi connectivity index (χ4v) is 13.6. The molecule has 1 atom stereocenters. The molecule has 14 rings (SSSR count). The Morgan fingerprint density at radius 1 is 0.323 bits per heavy atom. The van der Waals surface area contributed by atoms with Gasteiger partial charge in [0.05, 0.1) is 33.4 Å². The van der Waals surface area contributed by atoms with E-state index in [1.165, 1.54) is 93.9 Å². The van der Waals surface area contributed by atoms with Crippen LogP contribution in [0.4, 0.5) is 34.1 Å². The Balaban J connectivity index is 0.993. The van der Waals surface area contributed by atoms with Crippen LogP contribution >= 0.6 is 7.92 Å². The Kier molecular flexibility index (Phi) is 7.08. The van der Waals surface area contributed by atoms with Crippen LogP contribution in [0, 0.1) is 0 Å². The largest absolute Gasteiger partial charge is 0.456 e. The van der Waals surface area contributed by atoms with Crippen molar-refractivity contribution < 1.29 is 4.74 Å². The number of fused-ring (bicyclic) bond motifs is 10. The van der Waals surface area contributed by atoms with Gasteiger partial charge in [-0.1, -0.05) is 146 Å². The van der Waals surface area contributed by atoms with Gasteiger partial charge in [0.25, 0.3) is 0 Å². The van der Waals surface area contributed by atoms with Crippen molar-refractivity contribution in [1.82, 2.24) is 0 Å². The Morgan fingerprint density at radius 2 is 0.839 bits per heavy atom. The van der Waals surface area contributed by atoms with Crippen molar-refractivity contribution in [2.24, 2.45) is 0 Å². The summed E-state index contributed by atoms with van der Waals surface area (Å²) in [4.78, 5) is 4.91. The minimum Gasteiger partial charge on any atom is -0.456 e. The molecule has 0 amide bonds. The first-order chi connectivity index (χ1) is 30.8. The maximum Gasteiger partial charge on any atom is 0.138 e. The quantitative estimate of drug-likeness (QED) is 0.165. The van der Waals surface area contributed by atoms with E-state index >= 15 is 0 Å². The molecule has 62 heavy (non-hydrogen) atoms. The molecular formula is C58H35N2OP. The molecular weight excluding hydrogens is 772 g/mol. The van der Waals surface area contributed by atoms with Crippen LogP contribution in [0.2, 0.25) is 0 Å². The summed E-state index contributed by atoms with van der Waals surface area (Å²) in [5.74, 6) is 1.88. The molecule has 4 heteroatoms. The van der Waals surface area contributed by atoms with Crippen molar-refractivity contribution in [2.45, 2.75) is 0 Å². The van der Waals surface area contributed by atoms with Gasteiger partial charge in [0, 0.05) is 24.6 Å². The lowest BCUT2D eigenvalue weighted by atomic mass is 9.79. The summed E-state index contributed by atoms with van der Waals surface area (Å²) in [6.07, 6.45) is 0. The predicted molar refractivity (Wildman–Crippen MR) is 260 cm³/mol. The van der Waals surface area contributed by atoms with E-state index in [1.807, 2.05) is 0 Å². The first kappa shape index (κ1) is 34.0. The first-order valence-electron chi connectivity index (χ1n) is 21.3. The number of hydrogen-bond acceptors (Lipinski definition) is 3. The van der Waals surface area contributed by atoms with Crippen LogP contribution < -0.4 is 30.5 Å². The molecule has 0 spiro atoms. The lowest BCUT2D eigenvalue weighted by Crippen LogP contribution is -2.43. The first-order valence-corrected chi connectivity index (χ1v) is 22.6. The molecule has 0 N–H and O–H groups in total. The Labute approximate surface area is 361 Å². The van der Waals surface area contributed by atoms with Gasteiger partial charge in [0.15, 0.2) is 0 Å². The summed E-state index contributed by atoms with van der Waals surface area (Å²) < 4.78 is 7.13. The van der Waals surface area contributed by atoms with Crippen molar-refractivity contribution in [1.29, 1.82) is 0 Å². The molecule has 3 heterocycles. The second-order valence-corrected chi connectivity index (χ2v) is 18.5. The van der Waals surface area contributed by atoms with E-state index in [-0.39, 0.29) is 0 Å². The summed E-state index contributed by atoms with van der Waals surface area (Å²) in [6.45, 7) is 0. The number of rotatable bonds is 3. The van der Waals surface area contributed by atoms with Crippen molar-refractivity contribution in [3.63, 3.8) is 0 Å². The van der Waals surface area contributed by atoms with Crippen LogP contribution in [0.15, 0.2) is 212 Å². The van der Waals surface area contributed by atoms with Crippen molar-refractivity contribution in [3.05, 3.63) is 212 Å².